The summed E-state index contributed by atoms with van der Waals surface area (Å²) in [5.74, 6) is -1.43. The molecule has 0 bridgehead atoms. The van der Waals surface area contributed by atoms with E-state index in [-0.39, 0.29) is 41.6 Å². The summed E-state index contributed by atoms with van der Waals surface area (Å²) in [6.07, 6.45) is 10.7. The highest BCUT2D eigenvalue weighted by atomic mass is 16.6. The molecule has 11 atom stereocenters. The van der Waals surface area contributed by atoms with Crippen LogP contribution in [0.1, 0.15) is 61.3 Å². The number of aliphatic hydroxyl groups excluding tert-OH is 3. The maximum atomic E-state index is 11.5. The Labute approximate surface area is 240 Å². The van der Waals surface area contributed by atoms with Gasteiger partial charge in [-0.25, -0.2) is 9.59 Å². The number of rotatable bonds is 16. The molecule has 226 valence electrons. The Morgan fingerprint density at radius 1 is 1.07 bits per heavy atom. The van der Waals surface area contributed by atoms with Crippen molar-refractivity contribution in [2.24, 2.45) is 41.2 Å². The third-order valence-electron chi connectivity index (χ3n) is 7.73. The molecule has 0 aromatic rings. The van der Waals surface area contributed by atoms with E-state index >= 15 is 0 Å². The molecular weight excluding hydrogens is 510 g/mol. The fourth-order valence-corrected chi connectivity index (χ4v) is 5.27. The van der Waals surface area contributed by atoms with Crippen LogP contribution in [0, 0.1) is 35.5 Å². The molecular formula is C32H51NO7. The number of carbonyl (C=O) groups is 2. The van der Waals surface area contributed by atoms with Gasteiger partial charge in [0.25, 0.3) is 0 Å². The fraction of sp³-hybridized carbons (Fsp3) is 0.625. The van der Waals surface area contributed by atoms with Gasteiger partial charge in [-0.1, -0.05) is 96.2 Å². The highest BCUT2D eigenvalue weighted by Crippen LogP contribution is 2.29. The lowest BCUT2D eigenvalue weighted by Crippen LogP contribution is -2.41. The quantitative estimate of drug-likeness (QED) is 0.120. The van der Waals surface area contributed by atoms with E-state index in [1.807, 2.05) is 60.6 Å². The number of hydrogen-bond acceptors (Lipinski definition) is 7. The minimum absolute atomic E-state index is 0.0276. The van der Waals surface area contributed by atoms with Gasteiger partial charge in [0.2, 0.25) is 0 Å². The highest BCUT2D eigenvalue weighted by molar-refractivity contribution is 5.82. The predicted octanol–water partition coefficient (Wildman–Crippen LogP) is 4.86. The number of hydrogen-bond donors (Lipinski definition) is 4. The topological polar surface area (TPSA) is 139 Å². The number of carbonyl (C=O) groups excluding carboxylic acids is 2. The van der Waals surface area contributed by atoms with Gasteiger partial charge in [-0.2, -0.15) is 0 Å². The molecule has 1 heterocycles. The molecule has 1 aliphatic rings. The van der Waals surface area contributed by atoms with Gasteiger partial charge in [0.15, 0.2) is 0 Å². The van der Waals surface area contributed by atoms with Gasteiger partial charge in [0.05, 0.1) is 18.3 Å². The first kappa shape index (κ1) is 35.3. The Morgan fingerprint density at radius 3 is 2.33 bits per heavy atom. The van der Waals surface area contributed by atoms with Crippen molar-refractivity contribution in [3.63, 3.8) is 0 Å². The van der Waals surface area contributed by atoms with Crippen LogP contribution in [0.15, 0.2) is 60.8 Å². The predicted molar refractivity (Wildman–Crippen MR) is 158 cm³/mol. The molecule has 40 heavy (non-hydrogen) atoms. The van der Waals surface area contributed by atoms with Crippen molar-refractivity contribution in [1.82, 2.24) is 0 Å². The number of primary amides is 1. The van der Waals surface area contributed by atoms with Gasteiger partial charge in [0, 0.05) is 42.1 Å². The average molecular weight is 562 g/mol. The Kier molecular flexibility index (Phi) is 15.2. The van der Waals surface area contributed by atoms with Crippen LogP contribution in [-0.2, 0) is 14.3 Å². The van der Waals surface area contributed by atoms with E-state index in [2.05, 4.69) is 6.58 Å². The second-order valence-electron chi connectivity index (χ2n) is 11.5. The monoisotopic (exact) mass is 561 g/mol. The zero-order valence-electron chi connectivity index (χ0n) is 25.1. The normalized spacial score (nSPS) is 24.9. The van der Waals surface area contributed by atoms with Gasteiger partial charge in [-0.05, 0) is 19.3 Å². The van der Waals surface area contributed by atoms with Crippen molar-refractivity contribution in [3.05, 3.63) is 60.8 Å². The molecule has 1 amide bonds. The molecule has 0 fully saturated rings. The van der Waals surface area contributed by atoms with Gasteiger partial charge in [-0.15, -0.1) is 0 Å². The summed E-state index contributed by atoms with van der Waals surface area (Å²) in [6, 6.07) is 0. The molecule has 0 saturated carbocycles. The van der Waals surface area contributed by atoms with Crippen LogP contribution in [0.5, 0.6) is 0 Å². The smallest absolute Gasteiger partial charge is 0.404 e. The number of nitrogens with two attached hydrogens (primary N) is 1. The van der Waals surface area contributed by atoms with E-state index in [0.29, 0.717) is 12.8 Å². The number of allylic oxidation sites excluding steroid dienone is 3. The number of amides is 1. The van der Waals surface area contributed by atoms with Crippen LogP contribution in [-0.4, -0.2) is 57.9 Å². The Balaban J connectivity index is 2.74. The third kappa shape index (κ3) is 11.8. The molecule has 0 spiro atoms. The number of ether oxygens (including phenoxy) is 2. The summed E-state index contributed by atoms with van der Waals surface area (Å²) in [7, 11) is 0. The molecule has 0 aliphatic carbocycles. The van der Waals surface area contributed by atoms with Gasteiger partial charge < -0.3 is 30.5 Å². The largest absolute Gasteiger partial charge is 0.458 e. The molecule has 8 heteroatoms. The molecule has 1 unspecified atom stereocenters. The summed E-state index contributed by atoms with van der Waals surface area (Å²) in [6.45, 7) is 17.1. The van der Waals surface area contributed by atoms with E-state index in [1.54, 1.807) is 30.4 Å². The summed E-state index contributed by atoms with van der Waals surface area (Å²) >= 11 is 0. The second kappa shape index (κ2) is 17.2. The summed E-state index contributed by atoms with van der Waals surface area (Å²) in [5.41, 5.74) is 6.32. The second-order valence-corrected chi connectivity index (χ2v) is 11.5. The summed E-state index contributed by atoms with van der Waals surface area (Å²) in [4.78, 5) is 23.0. The molecule has 0 saturated heterocycles. The minimum atomic E-state index is -0.880. The molecule has 0 radical (unpaired) electrons. The van der Waals surface area contributed by atoms with Crippen molar-refractivity contribution in [2.75, 3.05) is 0 Å². The first-order valence-corrected chi connectivity index (χ1v) is 14.2. The van der Waals surface area contributed by atoms with Crippen molar-refractivity contribution < 1.29 is 34.4 Å². The van der Waals surface area contributed by atoms with E-state index in [1.165, 1.54) is 6.08 Å². The van der Waals surface area contributed by atoms with Crippen molar-refractivity contribution in [3.8, 4) is 0 Å². The van der Waals surface area contributed by atoms with Crippen LogP contribution in [0.25, 0.3) is 0 Å². The zero-order chi connectivity index (χ0) is 30.6. The first-order valence-electron chi connectivity index (χ1n) is 14.2. The maximum absolute atomic E-state index is 11.5. The van der Waals surface area contributed by atoms with Crippen LogP contribution in [0.3, 0.4) is 0 Å². The average Bonchev–Trinajstić information content (AvgIpc) is 2.89. The van der Waals surface area contributed by atoms with Crippen molar-refractivity contribution in [2.45, 2.75) is 91.8 Å². The highest BCUT2D eigenvalue weighted by Gasteiger charge is 2.33. The molecule has 5 N–H and O–H groups in total. The Morgan fingerprint density at radius 2 is 1.73 bits per heavy atom. The Hall–Kier alpha value is -2.68. The molecule has 0 aromatic carbocycles. The van der Waals surface area contributed by atoms with E-state index in [4.69, 9.17) is 15.2 Å². The van der Waals surface area contributed by atoms with E-state index in [0.717, 1.165) is 5.57 Å². The zero-order valence-corrected chi connectivity index (χ0v) is 25.1. The van der Waals surface area contributed by atoms with Gasteiger partial charge >= 0.3 is 12.1 Å². The summed E-state index contributed by atoms with van der Waals surface area (Å²) in [5, 5.41) is 32.4. The Bertz CT molecular complexity index is 940. The fourth-order valence-electron chi connectivity index (χ4n) is 5.27. The van der Waals surface area contributed by atoms with Gasteiger partial charge in [-0.3, -0.25) is 0 Å². The van der Waals surface area contributed by atoms with Crippen LogP contribution < -0.4 is 5.73 Å². The maximum Gasteiger partial charge on any atom is 0.404 e. The van der Waals surface area contributed by atoms with Gasteiger partial charge in [0.1, 0.15) is 12.2 Å². The number of esters is 1. The first-order chi connectivity index (χ1) is 18.7. The number of cyclic esters (lactones) is 1. The molecule has 1 aliphatic heterocycles. The van der Waals surface area contributed by atoms with E-state index in [9.17, 15) is 24.9 Å². The SMILES string of the molecule is C=C/C=C\[C@H](C)[C@H](OC(N)=O)[C@@H](C)[C@H](O)[C@@H](C)C/C(C)=C\[C@H](C)C(O)[C@@H](C)/C=C\[C@@H](O)C[C@@H]1OC(=O)C=C[C@H]1C. The summed E-state index contributed by atoms with van der Waals surface area (Å²) < 4.78 is 10.7. The van der Waals surface area contributed by atoms with Crippen LogP contribution in [0.4, 0.5) is 4.79 Å². The lowest BCUT2D eigenvalue weighted by Gasteiger charge is -2.33. The van der Waals surface area contributed by atoms with Crippen molar-refractivity contribution >= 4 is 12.1 Å². The number of aliphatic hydroxyl groups is 3. The molecule has 1 rings (SSSR count). The van der Waals surface area contributed by atoms with E-state index < -0.39 is 36.5 Å². The third-order valence-corrected chi connectivity index (χ3v) is 7.73. The van der Waals surface area contributed by atoms with Crippen LogP contribution in [0.2, 0.25) is 0 Å². The standard InChI is InChI=1S/C32H51NO7/c1-9-10-11-22(5)31(40-32(33)38)25(8)30(37)24(7)17-19(2)16-23(6)29(36)21(4)12-14-26(34)18-27-20(3)13-15-28(35)39-27/h9-16,20-27,29-31,34,36-37H,1,17-18H2,2-8H3,(H2,33,38)/b11-10-,14-12-,19-16-/t20-,21+,22+,23+,24+,25+,26-,27+,29?,30-,31+/m1/s1. The van der Waals surface area contributed by atoms with Crippen LogP contribution >= 0.6 is 0 Å². The molecule has 0 aromatic heterocycles. The molecule has 8 nitrogen and oxygen atoms in total. The minimum Gasteiger partial charge on any atom is -0.458 e. The van der Waals surface area contributed by atoms with Crippen molar-refractivity contribution in [1.29, 1.82) is 0 Å². The lowest BCUT2D eigenvalue weighted by molar-refractivity contribution is -0.147. The lowest BCUT2D eigenvalue weighted by atomic mass is 9.81.